The van der Waals surface area contributed by atoms with Gasteiger partial charge < -0.3 is 18.9 Å². The number of ether oxygens (including phenoxy) is 2. The number of quaternary nitrogens is 1. The molecule has 60 heavy (non-hydrogen) atoms. The van der Waals surface area contributed by atoms with Gasteiger partial charge in [0, 0.05) is 12.8 Å². The van der Waals surface area contributed by atoms with Crippen molar-refractivity contribution in [3.8, 4) is 0 Å². The monoisotopic (exact) mass is 871 g/mol. The number of carbonyl (C=O) groups is 2. The number of nitrogens with zero attached hydrogens (tertiary/aromatic N) is 1. The molecule has 354 valence electrons. The lowest BCUT2D eigenvalue weighted by molar-refractivity contribution is -0.870. The van der Waals surface area contributed by atoms with E-state index in [4.69, 9.17) is 18.5 Å². The molecular weight excluding hydrogens is 774 g/mol. The Morgan fingerprint density at radius 1 is 0.500 bits per heavy atom. The van der Waals surface area contributed by atoms with E-state index in [9.17, 15) is 19.0 Å². The summed E-state index contributed by atoms with van der Waals surface area (Å²) in [6.07, 6.45) is 48.2. The van der Waals surface area contributed by atoms with Crippen molar-refractivity contribution in [2.75, 3.05) is 47.5 Å². The molecule has 10 heteroatoms. The maximum Gasteiger partial charge on any atom is 0.472 e. The average molecular weight is 871 g/mol. The molecule has 0 aliphatic rings. The highest BCUT2D eigenvalue weighted by Gasteiger charge is 2.27. The van der Waals surface area contributed by atoms with E-state index in [-0.39, 0.29) is 32.0 Å². The lowest BCUT2D eigenvalue weighted by Gasteiger charge is -2.24. The minimum Gasteiger partial charge on any atom is -0.462 e. The van der Waals surface area contributed by atoms with Crippen molar-refractivity contribution in [1.29, 1.82) is 0 Å². The summed E-state index contributed by atoms with van der Waals surface area (Å²) in [5.41, 5.74) is 0. The number of rotatable bonds is 46. The number of unbranched alkanes of at least 4 members (excludes halogenated alkanes) is 28. The maximum absolute atomic E-state index is 12.7. The van der Waals surface area contributed by atoms with Gasteiger partial charge in [0.2, 0.25) is 0 Å². The number of allylic oxidation sites excluding steroid dienone is 4. The molecular formula is C50H97NO8P+. The minimum atomic E-state index is -4.38. The molecule has 0 aromatic heterocycles. The van der Waals surface area contributed by atoms with Crippen LogP contribution in [0, 0.1) is 0 Å². The predicted octanol–water partition coefficient (Wildman–Crippen LogP) is 14.7. The minimum absolute atomic E-state index is 0.0270. The molecule has 1 N–H and O–H groups in total. The van der Waals surface area contributed by atoms with Crippen molar-refractivity contribution in [3.63, 3.8) is 0 Å². The molecule has 0 aliphatic heterocycles. The van der Waals surface area contributed by atoms with Gasteiger partial charge in [-0.2, -0.15) is 0 Å². The van der Waals surface area contributed by atoms with Crippen LogP contribution in [0.4, 0.5) is 0 Å². The lowest BCUT2D eigenvalue weighted by atomic mass is 10.0. The van der Waals surface area contributed by atoms with Crippen molar-refractivity contribution in [2.24, 2.45) is 0 Å². The van der Waals surface area contributed by atoms with E-state index in [0.29, 0.717) is 17.4 Å². The number of likely N-dealkylation sites (N-methyl/N-ethyl adjacent to an activating group) is 1. The van der Waals surface area contributed by atoms with Crippen molar-refractivity contribution in [2.45, 2.75) is 238 Å². The van der Waals surface area contributed by atoms with Gasteiger partial charge in [-0.25, -0.2) is 4.57 Å². The fraction of sp³-hybridized carbons (Fsp3) is 0.880. The van der Waals surface area contributed by atoms with E-state index in [1.165, 1.54) is 154 Å². The molecule has 9 nitrogen and oxygen atoms in total. The Morgan fingerprint density at radius 2 is 0.883 bits per heavy atom. The summed E-state index contributed by atoms with van der Waals surface area (Å²) >= 11 is 0. The number of hydrogen-bond acceptors (Lipinski definition) is 7. The fourth-order valence-electron chi connectivity index (χ4n) is 7.04. The smallest absolute Gasteiger partial charge is 0.462 e. The zero-order chi connectivity index (χ0) is 44.3. The van der Waals surface area contributed by atoms with Crippen LogP contribution >= 0.6 is 7.82 Å². The maximum atomic E-state index is 12.7. The number of hydrogen-bond donors (Lipinski definition) is 1. The Hall–Kier alpha value is -1.51. The van der Waals surface area contributed by atoms with E-state index in [1.54, 1.807) is 0 Å². The van der Waals surface area contributed by atoms with Gasteiger partial charge >= 0.3 is 19.8 Å². The number of carbonyl (C=O) groups excluding carboxylic acids is 2. The molecule has 0 fully saturated rings. The first-order valence-corrected chi connectivity index (χ1v) is 26.6. The van der Waals surface area contributed by atoms with Crippen molar-refractivity contribution in [3.05, 3.63) is 24.3 Å². The number of esters is 2. The topological polar surface area (TPSA) is 108 Å². The summed E-state index contributed by atoms with van der Waals surface area (Å²) in [6, 6.07) is 0. The summed E-state index contributed by atoms with van der Waals surface area (Å²) in [5.74, 6) is -0.838. The van der Waals surface area contributed by atoms with E-state index >= 15 is 0 Å². The van der Waals surface area contributed by atoms with Crippen LogP contribution < -0.4 is 0 Å². The molecule has 0 aromatic rings. The molecule has 0 radical (unpaired) electrons. The van der Waals surface area contributed by atoms with Gasteiger partial charge in [0.1, 0.15) is 19.8 Å². The molecule has 0 spiro atoms. The summed E-state index contributed by atoms with van der Waals surface area (Å²) in [4.78, 5) is 35.4. The predicted molar refractivity (Wildman–Crippen MR) is 252 cm³/mol. The Balaban J connectivity index is 4.27. The number of phosphoric acid groups is 1. The molecule has 0 amide bonds. The van der Waals surface area contributed by atoms with Crippen LogP contribution in [-0.4, -0.2) is 74.9 Å². The molecule has 0 bridgehead atoms. The molecule has 0 saturated heterocycles. The molecule has 2 atom stereocenters. The Morgan fingerprint density at radius 3 is 1.33 bits per heavy atom. The van der Waals surface area contributed by atoms with E-state index in [2.05, 4.69) is 38.2 Å². The largest absolute Gasteiger partial charge is 0.472 e. The van der Waals surface area contributed by atoms with Crippen LogP contribution in [0.15, 0.2) is 24.3 Å². The standard InChI is InChI=1S/C50H96NO8P/c1-6-8-10-12-14-16-18-20-21-22-23-24-25-26-27-28-29-31-33-35-37-39-41-43-50(53)59-48(47-58-60(54,55)57-45-44-51(3,4)5)46-56-49(52)42-40-38-36-34-32-30-19-17-15-13-11-9-7-2/h28-29,35,37,48H,6-27,30-34,36,38-47H2,1-5H3/p+1/b29-28+,37-35+/t48-/m1/s1. The van der Waals surface area contributed by atoms with Crippen LogP contribution in [0.1, 0.15) is 232 Å². The van der Waals surface area contributed by atoms with Crippen molar-refractivity contribution < 1.29 is 42.1 Å². The third-order valence-electron chi connectivity index (χ3n) is 11.0. The molecule has 0 rings (SSSR count). The SMILES string of the molecule is CCCCCCCCCCCCCCCC/C=C/CC/C=C/CCCC(=O)O[C@H](COC(=O)CCCCCCCCCCCCCCC)COP(=O)(O)OCC[N+](C)(C)C. The van der Waals surface area contributed by atoms with Crippen molar-refractivity contribution >= 4 is 19.8 Å². The van der Waals surface area contributed by atoms with Gasteiger partial charge in [0.15, 0.2) is 6.10 Å². The van der Waals surface area contributed by atoms with E-state index in [0.717, 1.165) is 44.9 Å². The first kappa shape index (κ1) is 58.5. The molecule has 0 heterocycles. The van der Waals surface area contributed by atoms with Gasteiger partial charge in [-0.1, -0.05) is 199 Å². The second-order valence-corrected chi connectivity index (χ2v) is 19.6. The Labute approximate surface area is 370 Å². The normalized spacial score (nSPS) is 13.6. The lowest BCUT2D eigenvalue weighted by Crippen LogP contribution is -2.37. The van der Waals surface area contributed by atoms with Crippen LogP contribution in [0.2, 0.25) is 0 Å². The van der Waals surface area contributed by atoms with Gasteiger partial charge in [-0.3, -0.25) is 18.6 Å². The molecule has 0 aromatic carbocycles. The summed E-state index contributed by atoms with van der Waals surface area (Å²) in [7, 11) is 1.46. The highest BCUT2D eigenvalue weighted by Crippen LogP contribution is 2.43. The zero-order valence-corrected chi connectivity index (χ0v) is 40.9. The summed E-state index contributed by atoms with van der Waals surface area (Å²) in [6.45, 7) is 4.41. The molecule has 0 aliphatic carbocycles. The van der Waals surface area contributed by atoms with E-state index < -0.39 is 26.5 Å². The van der Waals surface area contributed by atoms with Crippen LogP contribution in [0.25, 0.3) is 0 Å². The fourth-order valence-corrected chi connectivity index (χ4v) is 7.78. The second kappa shape index (κ2) is 42.8. The zero-order valence-electron chi connectivity index (χ0n) is 40.0. The number of phosphoric ester groups is 1. The van der Waals surface area contributed by atoms with E-state index in [1.807, 2.05) is 21.1 Å². The Kier molecular flexibility index (Phi) is 41.7. The summed E-state index contributed by atoms with van der Waals surface area (Å²) < 4.78 is 34.3. The van der Waals surface area contributed by atoms with Gasteiger partial charge in [-0.15, -0.1) is 0 Å². The third kappa shape index (κ3) is 46.0. The quantitative estimate of drug-likeness (QED) is 0.0212. The molecule has 0 saturated carbocycles. The van der Waals surface area contributed by atoms with Gasteiger partial charge in [0.05, 0.1) is 27.7 Å². The summed E-state index contributed by atoms with van der Waals surface area (Å²) in [5, 5.41) is 0. The Bertz CT molecular complexity index is 1070. The average Bonchev–Trinajstić information content (AvgIpc) is 3.20. The van der Waals surface area contributed by atoms with Crippen LogP contribution in [0.5, 0.6) is 0 Å². The van der Waals surface area contributed by atoms with Gasteiger partial charge in [0.25, 0.3) is 0 Å². The first-order valence-electron chi connectivity index (χ1n) is 25.1. The van der Waals surface area contributed by atoms with Crippen LogP contribution in [-0.2, 0) is 32.7 Å². The van der Waals surface area contributed by atoms with Gasteiger partial charge in [-0.05, 0) is 44.9 Å². The highest BCUT2D eigenvalue weighted by atomic mass is 31.2. The van der Waals surface area contributed by atoms with Crippen LogP contribution in [0.3, 0.4) is 0 Å². The second-order valence-electron chi connectivity index (χ2n) is 18.2. The first-order chi connectivity index (χ1) is 29.0. The third-order valence-corrected chi connectivity index (χ3v) is 11.9. The van der Waals surface area contributed by atoms with Crippen molar-refractivity contribution in [1.82, 2.24) is 0 Å². The highest BCUT2D eigenvalue weighted by molar-refractivity contribution is 7.47. The molecule has 1 unspecified atom stereocenters.